The number of hydrogen-bond donors (Lipinski definition) is 1. The molecule has 1 heterocycles. The van der Waals surface area contributed by atoms with Gasteiger partial charge in [0.25, 0.3) is 0 Å². The second kappa shape index (κ2) is 22.6. The zero-order valence-electron chi connectivity index (χ0n) is 22.3. The molecule has 0 atom stereocenters. The number of hydrogen-bond acceptors (Lipinski definition) is 13. The first-order valence-corrected chi connectivity index (χ1v) is 12.8. The molecule has 0 unspecified atom stereocenters. The highest BCUT2D eigenvalue weighted by atomic mass is 16.6. The fourth-order valence-electron chi connectivity index (χ4n) is 2.82. The summed E-state index contributed by atoms with van der Waals surface area (Å²) in [7, 11) is 0. The smallest absolute Gasteiger partial charge is 0.203 e. The standard InChI is InChI=1S/C25H41N5O8/c1-22-27-29-25(30-28-22)23-2-4-24(5-3-23)38-21-20-37-19-18-36-17-16-35-15-14-34-13-12-33-11-10-32-9-8-31-7-6-26/h2-5H,6-21,26H2,1H3. The van der Waals surface area contributed by atoms with Gasteiger partial charge in [-0.15, -0.1) is 20.4 Å². The Bertz CT molecular complexity index is 801. The van der Waals surface area contributed by atoms with E-state index in [0.29, 0.717) is 117 Å². The van der Waals surface area contributed by atoms with Crippen molar-refractivity contribution in [2.45, 2.75) is 6.92 Å². The zero-order chi connectivity index (χ0) is 26.9. The molecule has 0 amide bonds. The Labute approximate surface area is 224 Å². The molecule has 13 nitrogen and oxygen atoms in total. The molecule has 0 saturated heterocycles. The second-order valence-corrected chi connectivity index (χ2v) is 7.72. The average Bonchev–Trinajstić information content (AvgIpc) is 2.94. The topological polar surface area (TPSA) is 151 Å². The number of nitrogens with zero attached hydrogens (tertiary/aromatic N) is 4. The molecule has 0 bridgehead atoms. The van der Waals surface area contributed by atoms with Crippen molar-refractivity contribution < 1.29 is 37.9 Å². The van der Waals surface area contributed by atoms with Gasteiger partial charge in [-0.2, -0.15) is 0 Å². The van der Waals surface area contributed by atoms with Crippen LogP contribution in [0.2, 0.25) is 0 Å². The third kappa shape index (κ3) is 16.5. The number of benzene rings is 1. The van der Waals surface area contributed by atoms with E-state index in [1.54, 1.807) is 6.92 Å². The van der Waals surface area contributed by atoms with Crippen LogP contribution in [0.15, 0.2) is 24.3 Å². The largest absolute Gasteiger partial charge is 0.491 e. The van der Waals surface area contributed by atoms with Gasteiger partial charge in [0.15, 0.2) is 5.82 Å². The van der Waals surface area contributed by atoms with Crippen LogP contribution in [0.4, 0.5) is 0 Å². The highest BCUT2D eigenvalue weighted by molar-refractivity contribution is 5.54. The first-order valence-electron chi connectivity index (χ1n) is 12.8. The van der Waals surface area contributed by atoms with Gasteiger partial charge in [-0.25, -0.2) is 0 Å². The van der Waals surface area contributed by atoms with Gasteiger partial charge in [-0.3, -0.25) is 0 Å². The molecule has 1 aromatic carbocycles. The van der Waals surface area contributed by atoms with E-state index >= 15 is 0 Å². The Balaban J connectivity index is 1.28. The van der Waals surface area contributed by atoms with Crippen molar-refractivity contribution in [3.63, 3.8) is 0 Å². The molecule has 1 aromatic heterocycles. The lowest BCUT2D eigenvalue weighted by atomic mass is 10.2. The second-order valence-electron chi connectivity index (χ2n) is 7.72. The summed E-state index contributed by atoms with van der Waals surface area (Å²) in [5.41, 5.74) is 6.15. The van der Waals surface area contributed by atoms with Crippen molar-refractivity contribution in [1.82, 2.24) is 20.4 Å². The summed E-state index contributed by atoms with van der Waals surface area (Å²) in [6.07, 6.45) is 0. The molecule has 2 aromatic rings. The summed E-state index contributed by atoms with van der Waals surface area (Å²) >= 11 is 0. The number of aryl methyl sites for hydroxylation is 1. The fraction of sp³-hybridized carbons (Fsp3) is 0.680. The monoisotopic (exact) mass is 539 g/mol. The number of nitrogens with two attached hydrogens (primary N) is 1. The van der Waals surface area contributed by atoms with E-state index in [0.717, 1.165) is 11.3 Å². The Morgan fingerprint density at radius 3 is 1.26 bits per heavy atom. The maximum atomic E-state index is 5.67. The van der Waals surface area contributed by atoms with E-state index in [-0.39, 0.29) is 0 Å². The predicted octanol–water partition coefficient (Wildman–Crippen LogP) is 0.696. The van der Waals surface area contributed by atoms with Crippen molar-refractivity contribution in [3.8, 4) is 17.1 Å². The molecule has 2 N–H and O–H groups in total. The summed E-state index contributed by atoms with van der Waals surface area (Å²) in [6, 6.07) is 7.43. The molecule has 0 saturated carbocycles. The van der Waals surface area contributed by atoms with Gasteiger partial charge in [0.2, 0.25) is 5.82 Å². The normalized spacial score (nSPS) is 11.2. The zero-order valence-corrected chi connectivity index (χ0v) is 22.3. The lowest BCUT2D eigenvalue weighted by Gasteiger charge is -2.09. The Morgan fingerprint density at radius 2 is 0.868 bits per heavy atom. The van der Waals surface area contributed by atoms with E-state index < -0.39 is 0 Å². The van der Waals surface area contributed by atoms with Crippen LogP contribution in [0, 0.1) is 6.92 Å². The molecule has 0 aliphatic heterocycles. The van der Waals surface area contributed by atoms with Crippen molar-refractivity contribution in [2.75, 3.05) is 106 Å². The van der Waals surface area contributed by atoms with Crippen molar-refractivity contribution in [3.05, 3.63) is 30.1 Å². The van der Waals surface area contributed by atoms with Crippen LogP contribution < -0.4 is 10.5 Å². The molecule has 214 valence electrons. The summed E-state index contributed by atoms with van der Waals surface area (Å²) in [6.45, 7) is 9.94. The minimum Gasteiger partial charge on any atom is -0.491 e. The minimum absolute atomic E-state index is 0.441. The van der Waals surface area contributed by atoms with Crippen molar-refractivity contribution in [1.29, 1.82) is 0 Å². The maximum Gasteiger partial charge on any atom is 0.203 e. The summed E-state index contributed by atoms with van der Waals surface area (Å²) in [5.74, 6) is 1.75. The van der Waals surface area contributed by atoms with Gasteiger partial charge in [0, 0.05) is 12.1 Å². The first kappa shape index (κ1) is 31.9. The minimum atomic E-state index is 0.441. The Morgan fingerprint density at radius 1 is 0.500 bits per heavy atom. The molecule has 13 heteroatoms. The molecule has 0 fully saturated rings. The SMILES string of the molecule is Cc1nnc(-c2ccc(OCCOCCOCCOCCOCCOCCOCCOCCN)cc2)nn1. The molecular formula is C25H41N5O8. The van der Waals surface area contributed by atoms with Gasteiger partial charge >= 0.3 is 0 Å². The summed E-state index contributed by atoms with van der Waals surface area (Å²) in [4.78, 5) is 0. The van der Waals surface area contributed by atoms with Gasteiger partial charge in [0.05, 0.1) is 92.5 Å². The van der Waals surface area contributed by atoms with Crippen molar-refractivity contribution in [2.24, 2.45) is 5.73 Å². The van der Waals surface area contributed by atoms with E-state index in [2.05, 4.69) is 20.4 Å². The molecule has 0 aliphatic rings. The highest BCUT2D eigenvalue weighted by Crippen LogP contribution is 2.18. The van der Waals surface area contributed by atoms with Gasteiger partial charge in [-0.1, -0.05) is 0 Å². The third-order valence-corrected chi connectivity index (χ3v) is 4.68. The van der Waals surface area contributed by atoms with E-state index in [9.17, 15) is 0 Å². The first-order chi connectivity index (χ1) is 18.8. The van der Waals surface area contributed by atoms with Gasteiger partial charge < -0.3 is 43.6 Å². The molecule has 0 spiro atoms. The van der Waals surface area contributed by atoms with Crippen LogP contribution in [-0.4, -0.2) is 126 Å². The van der Waals surface area contributed by atoms with Crippen LogP contribution in [0.5, 0.6) is 5.75 Å². The predicted molar refractivity (Wildman–Crippen MR) is 138 cm³/mol. The Hall–Kier alpha value is -2.36. The fourth-order valence-corrected chi connectivity index (χ4v) is 2.82. The van der Waals surface area contributed by atoms with Crippen LogP contribution >= 0.6 is 0 Å². The Kier molecular flexibility index (Phi) is 19.0. The maximum absolute atomic E-state index is 5.67. The summed E-state index contributed by atoms with van der Waals surface area (Å²) < 4.78 is 43.5. The lowest BCUT2D eigenvalue weighted by Crippen LogP contribution is -2.15. The number of aromatic nitrogens is 4. The van der Waals surface area contributed by atoms with E-state index in [1.165, 1.54) is 0 Å². The van der Waals surface area contributed by atoms with Crippen molar-refractivity contribution >= 4 is 0 Å². The molecule has 0 radical (unpaired) electrons. The number of ether oxygens (including phenoxy) is 8. The molecule has 2 rings (SSSR count). The lowest BCUT2D eigenvalue weighted by molar-refractivity contribution is -0.0210. The highest BCUT2D eigenvalue weighted by Gasteiger charge is 2.03. The van der Waals surface area contributed by atoms with E-state index in [4.69, 9.17) is 43.6 Å². The number of rotatable bonds is 25. The van der Waals surface area contributed by atoms with Gasteiger partial charge in [0.1, 0.15) is 12.4 Å². The van der Waals surface area contributed by atoms with Crippen LogP contribution in [0.1, 0.15) is 5.82 Å². The van der Waals surface area contributed by atoms with Crippen LogP contribution in [-0.2, 0) is 33.2 Å². The van der Waals surface area contributed by atoms with Gasteiger partial charge in [-0.05, 0) is 31.2 Å². The van der Waals surface area contributed by atoms with E-state index in [1.807, 2.05) is 24.3 Å². The average molecular weight is 540 g/mol. The molecule has 0 aliphatic carbocycles. The molecular weight excluding hydrogens is 498 g/mol. The summed E-state index contributed by atoms with van der Waals surface area (Å²) in [5, 5.41) is 15.9. The molecule has 38 heavy (non-hydrogen) atoms. The van der Waals surface area contributed by atoms with Crippen LogP contribution in [0.25, 0.3) is 11.4 Å². The van der Waals surface area contributed by atoms with Crippen LogP contribution in [0.3, 0.4) is 0 Å². The quantitative estimate of drug-likeness (QED) is 0.176. The third-order valence-electron chi connectivity index (χ3n) is 4.68.